The van der Waals surface area contributed by atoms with Crippen molar-refractivity contribution >= 4 is 99.3 Å². The number of nitrogens with one attached hydrogen (secondary N) is 3. The van der Waals surface area contributed by atoms with E-state index in [1.807, 2.05) is 4.98 Å². The molecule has 0 aliphatic heterocycles. The summed E-state index contributed by atoms with van der Waals surface area (Å²) < 4.78 is 5.86. The minimum absolute atomic E-state index is 0.0469. The number of nitrogens with zero attached hydrogens (tertiary/aromatic N) is 16. The third-order valence-corrected chi connectivity index (χ3v) is 12.8. The Hall–Kier alpha value is -13.0. The molecule has 48 heteroatoms. The first-order valence-corrected chi connectivity index (χ1v) is 29.2. The highest BCUT2D eigenvalue weighted by Crippen LogP contribution is 2.14. The van der Waals surface area contributed by atoms with Gasteiger partial charge in [-0.05, 0) is 13.0 Å². The van der Waals surface area contributed by atoms with E-state index in [1.54, 1.807) is 0 Å². The highest BCUT2D eigenvalue weighted by molar-refractivity contribution is 5.86. The van der Waals surface area contributed by atoms with Crippen LogP contribution in [0, 0.1) is 6.92 Å². The molecule has 48 nitrogen and oxygen atoms in total. The zero-order valence-electron chi connectivity index (χ0n) is 53.8. The first-order chi connectivity index (χ1) is 47.7. The lowest BCUT2D eigenvalue weighted by molar-refractivity contribution is -0.144. The number of fused-ring (bicyclic) bond motifs is 2. The second-order valence-corrected chi connectivity index (χ2v) is 20.5. The lowest BCUT2D eigenvalue weighted by atomic mass is 10.3. The molecule has 548 valence electrons. The number of hydrogen-bond donors (Lipinski definition) is 16. The molecule has 7 aromatic heterocycles. The SMILES string of the molecule is Cc1cn(CC(=O)N(CCN)CC(=O)O)c(=O)[nH]c1=O.NCCN(CC(=O)O)C(=O)Cn1ccc(=O)[nH]c1=O.NCCN(CC(=O)O)C(=O)Cn1ccc(N)nc1=O.NCCN(CC(=O)O)C(=O)Cn1cnc2c(=O)[nH]c(N)nc21.NCCN(CC(=O)O)C(=O)Cn1cnc2c(N)ncnc21. The van der Waals surface area contributed by atoms with Crippen LogP contribution >= 0.6 is 0 Å². The second-order valence-electron chi connectivity index (χ2n) is 20.5. The summed E-state index contributed by atoms with van der Waals surface area (Å²) in [4.78, 5) is 216. The van der Waals surface area contributed by atoms with Crippen LogP contribution in [0.3, 0.4) is 0 Å². The average Bonchev–Trinajstić information content (AvgIpc) is 1.43. The molecule has 0 saturated heterocycles. The van der Waals surface area contributed by atoms with E-state index in [-0.39, 0.29) is 138 Å². The summed E-state index contributed by atoms with van der Waals surface area (Å²) in [6.07, 6.45) is 7.70. The van der Waals surface area contributed by atoms with E-state index in [0.29, 0.717) is 11.2 Å². The van der Waals surface area contributed by atoms with Crippen LogP contribution in [0.5, 0.6) is 0 Å². The molecule has 0 aliphatic carbocycles. The number of aromatic amines is 3. The van der Waals surface area contributed by atoms with Crippen molar-refractivity contribution < 1.29 is 73.5 Å². The number of carboxylic acid groups (broad SMARTS) is 5. The molecule has 7 rings (SSSR count). The fourth-order valence-electron chi connectivity index (χ4n) is 8.25. The molecule has 0 radical (unpaired) electrons. The molecule has 7 aromatic rings. The molecule has 0 aromatic carbocycles. The number of nitrogen functional groups attached to an aromatic ring is 3. The molecule has 7 heterocycles. The van der Waals surface area contributed by atoms with E-state index in [0.717, 1.165) is 39.4 Å². The van der Waals surface area contributed by atoms with Gasteiger partial charge in [-0.3, -0.25) is 91.0 Å². The number of carbonyl (C=O) groups excluding carboxylic acids is 5. The van der Waals surface area contributed by atoms with Gasteiger partial charge in [-0.2, -0.15) is 9.97 Å². The highest BCUT2D eigenvalue weighted by Gasteiger charge is 2.23. The van der Waals surface area contributed by atoms with E-state index in [1.165, 1.54) is 64.6 Å². The maximum absolute atomic E-state index is 12.2. The van der Waals surface area contributed by atoms with Crippen LogP contribution in [0.2, 0.25) is 0 Å². The standard InChI is InChI=1S/C11H15N7O4.C11H15N7O3.C11H16N4O5.C10H15N5O4.C10H14N4O5/c12-1-2-17(4-7(20)21)6(19)3-18-5-14-8-9(18)15-11(13)16-10(8)22;12-1-2-17(4-8(20)21)7(19)3-18-6-16-9-10(13)14-5-15-11(9)18;1-7-4-15(11(20)13-10(7)19)5-8(16)14(3-2-12)6-9(17)18;11-2-4-14(6-9(17)18)8(16)5-15-3-1-7(12)13-10(15)19;11-2-4-13(6-9(17)18)8(16)5-14-3-1-7(15)12-10(14)19/h5H,1-4,12H2,(H,20,21)(H3,13,15,16,22);5-6H,1-4,12H2,(H,20,21)(H2,13,14,15);4H,2-3,5-6,12H2,1H3,(H,17,18)(H,13,19,20);1,3H,2,4-6,11H2,(H,17,18)(H2,12,13,19);1,3H,2,4-6,11H2,(H,17,18)(H,12,15,19). The molecule has 0 fully saturated rings. The van der Waals surface area contributed by atoms with Crippen LogP contribution in [0.1, 0.15) is 5.56 Å². The summed E-state index contributed by atoms with van der Waals surface area (Å²) in [5.41, 5.74) is 40.6. The van der Waals surface area contributed by atoms with Gasteiger partial charge in [0.25, 0.3) is 16.7 Å². The fourth-order valence-corrected chi connectivity index (χ4v) is 8.25. The minimum atomic E-state index is -1.17. The number of carbonyl (C=O) groups is 10. The van der Waals surface area contributed by atoms with E-state index in [4.69, 9.17) is 71.4 Å². The van der Waals surface area contributed by atoms with Crippen molar-refractivity contribution in [1.82, 2.24) is 92.2 Å². The second kappa shape index (κ2) is 40.6. The third kappa shape index (κ3) is 27.2. The van der Waals surface area contributed by atoms with Crippen molar-refractivity contribution in [2.75, 3.05) is 115 Å². The molecule has 5 amide bonds. The first kappa shape index (κ1) is 82.3. The molecule has 0 bridgehead atoms. The van der Waals surface area contributed by atoms with Crippen molar-refractivity contribution in [1.29, 1.82) is 0 Å². The quantitative estimate of drug-likeness (QED) is 0.0199. The number of aromatic nitrogens is 14. The minimum Gasteiger partial charge on any atom is -0.480 e. The summed E-state index contributed by atoms with van der Waals surface area (Å²) in [5.74, 6) is -8.08. The van der Waals surface area contributed by atoms with E-state index < -0.39 is 120 Å². The Bertz CT molecular complexity index is 4440. The van der Waals surface area contributed by atoms with Crippen LogP contribution < -0.4 is 79.6 Å². The van der Waals surface area contributed by atoms with Gasteiger partial charge in [0.1, 0.15) is 83.1 Å². The molecule has 0 atom stereocenters. The number of aliphatic carboxylic acids is 5. The van der Waals surface area contributed by atoms with Gasteiger partial charge >= 0.3 is 46.9 Å². The molecule has 101 heavy (non-hydrogen) atoms. The Balaban J connectivity index is 0.000000329. The maximum atomic E-state index is 12.2. The van der Waals surface area contributed by atoms with Crippen molar-refractivity contribution in [2.24, 2.45) is 28.7 Å². The Morgan fingerprint density at radius 3 is 1.22 bits per heavy atom. The monoisotopic (exact) mass is 1430 g/mol. The highest BCUT2D eigenvalue weighted by atomic mass is 16.4. The van der Waals surface area contributed by atoms with Crippen LogP contribution in [-0.2, 0) is 80.7 Å². The number of rotatable bonds is 30. The van der Waals surface area contributed by atoms with Crippen LogP contribution in [0.4, 0.5) is 17.6 Å². The molecular weight excluding hydrogens is 1350 g/mol. The van der Waals surface area contributed by atoms with Gasteiger partial charge in [0, 0.05) is 95.7 Å². The van der Waals surface area contributed by atoms with Gasteiger partial charge in [0.2, 0.25) is 35.5 Å². The predicted molar refractivity (Wildman–Crippen MR) is 349 cm³/mol. The van der Waals surface area contributed by atoms with Crippen molar-refractivity contribution in [3.8, 4) is 0 Å². The zero-order valence-corrected chi connectivity index (χ0v) is 53.8. The Morgan fingerprint density at radius 1 is 0.436 bits per heavy atom. The molecular formula is C53H75N27O21. The number of imidazole rings is 2. The molecule has 0 unspecified atom stereocenters. The van der Waals surface area contributed by atoms with Crippen LogP contribution in [0.25, 0.3) is 22.3 Å². The number of H-pyrrole nitrogens is 3. The van der Waals surface area contributed by atoms with Gasteiger partial charge in [0.05, 0.1) is 12.7 Å². The average molecular weight is 1430 g/mol. The number of anilines is 3. The summed E-state index contributed by atoms with van der Waals surface area (Å²) in [5, 5.41) is 43.7. The normalized spacial score (nSPS) is 10.4. The number of amides is 5. The number of carboxylic acids is 5. The van der Waals surface area contributed by atoms with Crippen molar-refractivity contribution in [3.63, 3.8) is 0 Å². The lowest BCUT2D eigenvalue weighted by Crippen LogP contribution is -2.43. The van der Waals surface area contributed by atoms with E-state index in [2.05, 4.69) is 39.9 Å². The Labute approximate surface area is 565 Å². The molecule has 0 aliphatic rings. The summed E-state index contributed by atoms with van der Waals surface area (Å²) in [6, 6.07) is 2.47. The lowest BCUT2D eigenvalue weighted by Gasteiger charge is -2.20. The maximum Gasteiger partial charge on any atom is 0.349 e. The number of nitrogens with two attached hydrogens (primary N) is 8. The van der Waals surface area contributed by atoms with Crippen molar-refractivity contribution in [3.05, 3.63) is 118 Å². The van der Waals surface area contributed by atoms with Crippen LogP contribution in [-0.4, -0.2) is 275 Å². The topological polar surface area (TPSA) is 748 Å². The summed E-state index contributed by atoms with van der Waals surface area (Å²) in [7, 11) is 0. The predicted octanol–water partition coefficient (Wildman–Crippen LogP) is -11.3. The van der Waals surface area contributed by atoms with Gasteiger partial charge in [-0.25, -0.2) is 34.3 Å². The first-order valence-electron chi connectivity index (χ1n) is 29.2. The van der Waals surface area contributed by atoms with Crippen LogP contribution in [0.15, 0.2) is 78.5 Å². The Morgan fingerprint density at radius 2 is 0.812 bits per heavy atom. The summed E-state index contributed by atoms with van der Waals surface area (Å²) in [6.45, 7) is -0.983. The third-order valence-electron chi connectivity index (χ3n) is 12.8. The fraction of sp³-hybridized carbons (Fsp3) is 0.396. The smallest absolute Gasteiger partial charge is 0.349 e. The van der Waals surface area contributed by atoms with Crippen molar-refractivity contribution in [2.45, 2.75) is 39.6 Å². The number of hydrogen-bond acceptors (Lipinski definition) is 30. The van der Waals surface area contributed by atoms with Gasteiger partial charge in [-0.15, -0.1) is 0 Å². The molecule has 0 saturated carbocycles. The van der Waals surface area contributed by atoms with Gasteiger partial charge in [0.15, 0.2) is 22.6 Å². The zero-order chi connectivity index (χ0) is 75.8. The number of aryl methyl sites for hydroxylation is 1. The van der Waals surface area contributed by atoms with Gasteiger partial charge in [-0.1, -0.05) is 0 Å². The Kier molecular flexibility index (Phi) is 33.0. The molecule has 24 N–H and O–H groups in total. The van der Waals surface area contributed by atoms with E-state index >= 15 is 0 Å². The van der Waals surface area contributed by atoms with Gasteiger partial charge < -0.3 is 105 Å². The van der Waals surface area contributed by atoms with E-state index in [9.17, 15) is 76.7 Å². The summed E-state index contributed by atoms with van der Waals surface area (Å²) >= 11 is 0. The molecule has 0 spiro atoms. The largest absolute Gasteiger partial charge is 0.480 e.